The Bertz CT molecular complexity index is 500. The van der Waals surface area contributed by atoms with Gasteiger partial charge in [0.1, 0.15) is 5.75 Å². The van der Waals surface area contributed by atoms with Gasteiger partial charge in [-0.25, -0.2) is 0 Å². The van der Waals surface area contributed by atoms with E-state index >= 15 is 0 Å². The van der Waals surface area contributed by atoms with Crippen molar-refractivity contribution >= 4 is 0 Å². The molecule has 4 atom stereocenters. The van der Waals surface area contributed by atoms with Crippen LogP contribution in [0.4, 0.5) is 0 Å². The number of aryl methyl sites for hydroxylation is 1. The van der Waals surface area contributed by atoms with Gasteiger partial charge in [-0.3, -0.25) is 4.98 Å². The number of pyridine rings is 1. The second kappa shape index (κ2) is 5.36. The molecule has 1 aromatic heterocycles. The lowest BCUT2D eigenvalue weighted by Crippen LogP contribution is -2.36. The van der Waals surface area contributed by atoms with Gasteiger partial charge in [-0.15, -0.1) is 0 Å². The predicted molar refractivity (Wildman–Crippen MR) is 80.9 cm³/mol. The summed E-state index contributed by atoms with van der Waals surface area (Å²) in [5.74, 6) is 3.51. The Labute approximate surface area is 121 Å². The molecule has 2 fully saturated rings. The van der Waals surface area contributed by atoms with Gasteiger partial charge >= 0.3 is 0 Å². The SMILES string of the molecule is COc1c(C)cnc(CC(N)C2CC3CCC2C3)c1C. The van der Waals surface area contributed by atoms with Gasteiger partial charge in [0, 0.05) is 35.5 Å². The van der Waals surface area contributed by atoms with E-state index in [0.717, 1.165) is 40.8 Å². The Morgan fingerprint density at radius 2 is 2.15 bits per heavy atom. The van der Waals surface area contributed by atoms with Gasteiger partial charge < -0.3 is 10.5 Å². The standard InChI is InChI=1S/C17H26N2O/c1-10-9-19-16(11(2)17(10)20-3)8-15(18)14-7-12-4-5-13(14)6-12/h9,12-15H,4-8,18H2,1-3H3. The summed E-state index contributed by atoms with van der Waals surface area (Å²) in [5.41, 5.74) is 9.89. The van der Waals surface area contributed by atoms with Crippen molar-refractivity contribution in [3.05, 3.63) is 23.0 Å². The van der Waals surface area contributed by atoms with Crippen LogP contribution in [0.3, 0.4) is 0 Å². The summed E-state index contributed by atoms with van der Waals surface area (Å²) < 4.78 is 5.49. The van der Waals surface area contributed by atoms with Crippen LogP contribution in [-0.4, -0.2) is 18.1 Å². The van der Waals surface area contributed by atoms with Crippen LogP contribution in [0.25, 0.3) is 0 Å². The molecule has 4 unspecified atom stereocenters. The monoisotopic (exact) mass is 274 g/mol. The summed E-state index contributed by atoms with van der Waals surface area (Å²) in [6.07, 6.45) is 8.39. The molecular formula is C17H26N2O. The number of hydrogen-bond acceptors (Lipinski definition) is 3. The number of hydrogen-bond donors (Lipinski definition) is 1. The number of rotatable bonds is 4. The van der Waals surface area contributed by atoms with E-state index in [1.807, 2.05) is 13.1 Å². The number of nitrogens with two attached hydrogens (primary N) is 1. The van der Waals surface area contributed by atoms with Crippen molar-refractivity contribution in [3.8, 4) is 5.75 Å². The number of aromatic nitrogens is 1. The number of nitrogens with zero attached hydrogens (tertiary/aromatic N) is 1. The third kappa shape index (κ3) is 2.32. The van der Waals surface area contributed by atoms with E-state index in [-0.39, 0.29) is 6.04 Å². The van der Waals surface area contributed by atoms with Crippen molar-refractivity contribution in [2.24, 2.45) is 23.5 Å². The maximum Gasteiger partial charge on any atom is 0.128 e. The normalized spacial score (nSPS) is 29.7. The number of ether oxygens (including phenoxy) is 1. The van der Waals surface area contributed by atoms with Crippen LogP contribution >= 0.6 is 0 Å². The van der Waals surface area contributed by atoms with Crippen LogP contribution in [0.2, 0.25) is 0 Å². The van der Waals surface area contributed by atoms with Gasteiger partial charge in [0.2, 0.25) is 0 Å². The molecule has 2 saturated carbocycles. The predicted octanol–water partition coefficient (Wildman–Crippen LogP) is 3.01. The van der Waals surface area contributed by atoms with E-state index in [2.05, 4.69) is 11.9 Å². The highest BCUT2D eigenvalue weighted by molar-refractivity contribution is 5.41. The molecule has 3 rings (SSSR count). The molecule has 0 radical (unpaired) electrons. The molecule has 20 heavy (non-hydrogen) atoms. The highest BCUT2D eigenvalue weighted by Gasteiger charge is 2.42. The Hall–Kier alpha value is -1.09. The molecule has 1 aromatic rings. The second-order valence-corrected chi connectivity index (χ2v) is 6.75. The lowest BCUT2D eigenvalue weighted by atomic mass is 9.81. The van der Waals surface area contributed by atoms with E-state index in [4.69, 9.17) is 10.5 Å². The minimum Gasteiger partial charge on any atom is -0.496 e. The molecule has 2 bridgehead atoms. The fourth-order valence-corrected chi connectivity index (χ4v) is 4.47. The molecule has 110 valence electrons. The van der Waals surface area contributed by atoms with Gasteiger partial charge in [0.15, 0.2) is 0 Å². The molecule has 2 aliphatic carbocycles. The van der Waals surface area contributed by atoms with Gasteiger partial charge in [0.25, 0.3) is 0 Å². The average Bonchev–Trinajstić information content (AvgIpc) is 3.05. The largest absolute Gasteiger partial charge is 0.496 e. The average molecular weight is 274 g/mol. The van der Waals surface area contributed by atoms with Crippen LogP contribution in [0.5, 0.6) is 5.75 Å². The second-order valence-electron chi connectivity index (χ2n) is 6.75. The minimum atomic E-state index is 0.254. The maximum atomic E-state index is 6.52. The lowest BCUT2D eigenvalue weighted by molar-refractivity contribution is 0.279. The van der Waals surface area contributed by atoms with Crippen LogP contribution in [0, 0.1) is 31.6 Å². The van der Waals surface area contributed by atoms with E-state index in [9.17, 15) is 0 Å². The van der Waals surface area contributed by atoms with Crippen molar-refractivity contribution in [1.82, 2.24) is 4.98 Å². The Morgan fingerprint density at radius 3 is 2.75 bits per heavy atom. The summed E-state index contributed by atoms with van der Waals surface area (Å²) in [6, 6.07) is 0.254. The minimum absolute atomic E-state index is 0.254. The van der Waals surface area contributed by atoms with Gasteiger partial charge in [-0.05, 0) is 50.9 Å². The molecular weight excluding hydrogens is 248 g/mol. The van der Waals surface area contributed by atoms with Crippen LogP contribution in [0.1, 0.15) is 42.5 Å². The molecule has 0 aromatic carbocycles. The molecule has 2 N–H and O–H groups in total. The summed E-state index contributed by atoms with van der Waals surface area (Å²) in [4.78, 5) is 4.60. The van der Waals surface area contributed by atoms with E-state index in [1.165, 1.54) is 25.7 Å². The van der Waals surface area contributed by atoms with Crippen molar-refractivity contribution in [2.75, 3.05) is 7.11 Å². The first-order chi connectivity index (χ1) is 9.60. The molecule has 0 saturated heterocycles. The molecule has 1 heterocycles. The van der Waals surface area contributed by atoms with E-state index in [0.29, 0.717) is 5.92 Å². The molecule has 0 aliphatic heterocycles. The third-order valence-corrected chi connectivity index (χ3v) is 5.52. The number of methoxy groups -OCH3 is 1. The first-order valence-corrected chi connectivity index (χ1v) is 7.84. The van der Waals surface area contributed by atoms with Gasteiger partial charge in [-0.2, -0.15) is 0 Å². The lowest BCUT2D eigenvalue weighted by Gasteiger charge is -2.28. The summed E-state index contributed by atoms with van der Waals surface area (Å²) in [5, 5.41) is 0. The van der Waals surface area contributed by atoms with Crippen molar-refractivity contribution in [2.45, 2.75) is 52.0 Å². The molecule has 2 aliphatic rings. The zero-order valence-corrected chi connectivity index (χ0v) is 12.9. The summed E-state index contributed by atoms with van der Waals surface area (Å²) in [7, 11) is 1.73. The summed E-state index contributed by atoms with van der Waals surface area (Å²) in [6.45, 7) is 4.14. The van der Waals surface area contributed by atoms with Crippen molar-refractivity contribution < 1.29 is 4.74 Å². The highest BCUT2D eigenvalue weighted by atomic mass is 16.5. The Kier molecular flexibility index (Phi) is 3.72. The van der Waals surface area contributed by atoms with E-state index < -0.39 is 0 Å². The fraction of sp³-hybridized carbons (Fsp3) is 0.706. The van der Waals surface area contributed by atoms with Crippen LogP contribution < -0.4 is 10.5 Å². The molecule has 3 heteroatoms. The van der Waals surface area contributed by atoms with Crippen LogP contribution in [-0.2, 0) is 6.42 Å². The van der Waals surface area contributed by atoms with Gasteiger partial charge in [0.05, 0.1) is 7.11 Å². The Morgan fingerprint density at radius 1 is 1.35 bits per heavy atom. The number of fused-ring (bicyclic) bond motifs is 2. The summed E-state index contributed by atoms with van der Waals surface area (Å²) >= 11 is 0. The van der Waals surface area contributed by atoms with Crippen molar-refractivity contribution in [3.63, 3.8) is 0 Å². The van der Waals surface area contributed by atoms with Crippen LogP contribution in [0.15, 0.2) is 6.20 Å². The smallest absolute Gasteiger partial charge is 0.128 e. The van der Waals surface area contributed by atoms with Gasteiger partial charge in [-0.1, -0.05) is 6.42 Å². The first kappa shape index (κ1) is 13.9. The Balaban J connectivity index is 1.74. The first-order valence-electron chi connectivity index (χ1n) is 7.84. The topological polar surface area (TPSA) is 48.1 Å². The molecule has 3 nitrogen and oxygen atoms in total. The molecule has 0 amide bonds. The third-order valence-electron chi connectivity index (χ3n) is 5.52. The van der Waals surface area contributed by atoms with E-state index in [1.54, 1.807) is 7.11 Å². The fourth-order valence-electron chi connectivity index (χ4n) is 4.47. The maximum absolute atomic E-state index is 6.52. The van der Waals surface area contributed by atoms with Crippen molar-refractivity contribution in [1.29, 1.82) is 0 Å². The quantitative estimate of drug-likeness (QED) is 0.918. The highest BCUT2D eigenvalue weighted by Crippen LogP contribution is 2.49. The zero-order chi connectivity index (χ0) is 14.3. The molecule has 0 spiro atoms. The zero-order valence-electron chi connectivity index (χ0n) is 12.9.